The molecular formula is C16H22FNO2. The van der Waals surface area contributed by atoms with Gasteiger partial charge in [0.1, 0.15) is 5.82 Å². The average Bonchev–Trinajstić information content (AvgIpc) is 2.77. The van der Waals surface area contributed by atoms with E-state index in [9.17, 15) is 14.3 Å². The van der Waals surface area contributed by atoms with Gasteiger partial charge in [-0.05, 0) is 44.9 Å². The summed E-state index contributed by atoms with van der Waals surface area (Å²) in [5.74, 6) is -1.53. The van der Waals surface area contributed by atoms with Crippen molar-refractivity contribution in [3.63, 3.8) is 0 Å². The molecule has 0 amide bonds. The normalized spacial score (nSPS) is 24.1. The lowest BCUT2D eigenvalue weighted by molar-refractivity contribution is -0.141. The van der Waals surface area contributed by atoms with Crippen LogP contribution in [0.4, 0.5) is 4.39 Å². The Labute approximate surface area is 119 Å². The molecule has 1 fully saturated rings. The predicted octanol–water partition coefficient (Wildman–Crippen LogP) is 3.03. The summed E-state index contributed by atoms with van der Waals surface area (Å²) in [5, 5.41) is 9.45. The van der Waals surface area contributed by atoms with Gasteiger partial charge in [0.05, 0.1) is 5.92 Å². The Balaban J connectivity index is 2.32. The van der Waals surface area contributed by atoms with Crippen molar-refractivity contribution in [1.29, 1.82) is 0 Å². The predicted molar refractivity (Wildman–Crippen MR) is 76.3 cm³/mol. The third kappa shape index (κ3) is 2.85. The lowest BCUT2D eigenvalue weighted by Crippen LogP contribution is -2.40. The molecule has 0 spiro atoms. The van der Waals surface area contributed by atoms with Crippen LogP contribution in [0.25, 0.3) is 0 Å². The first-order chi connectivity index (χ1) is 9.20. The molecule has 1 aromatic rings. The van der Waals surface area contributed by atoms with Gasteiger partial charge in [-0.15, -0.1) is 0 Å². The van der Waals surface area contributed by atoms with Crippen molar-refractivity contribution in [2.24, 2.45) is 5.92 Å². The van der Waals surface area contributed by atoms with Crippen molar-refractivity contribution < 1.29 is 14.3 Å². The summed E-state index contributed by atoms with van der Waals surface area (Å²) in [6.07, 6.45) is 0. The zero-order valence-corrected chi connectivity index (χ0v) is 12.5. The number of aliphatic carboxylic acids is 1. The van der Waals surface area contributed by atoms with E-state index < -0.39 is 11.9 Å². The second-order valence-electron chi connectivity index (χ2n) is 6.64. The number of hydrogen-bond acceptors (Lipinski definition) is 2. The van der Waals surface area contributed by atoms with Gasteiger partial charge in [0.2, 0.25) is 0 Å². The second kappa shape index (κ2) is 5.17. The van der Waals surface area contributed by atoms with E-state index in [1.54, 1.807) is 19.1 Å². The Morgan fingerprint density at radius 2 is 2.00 bits per heavy atom. The van der Waals surface area contributed by atoms with E-state index in [1.165, 1.54) is 6.07 Å². The lowest BCUT2D eigenvalue weighted by atomic mass is 9.88. The molecule has 1 aromatic carbocycles. The topological polar surface area (TPSA) is 40.5 Å². The molecule has 1 N–H and O–H groups in total. The standard InChI is InChI=1S/C16H22FNO2/c1-10-7-11(5-6-14(10)17)12-8-18(16(2,3)4)9-13(12)15(19)20/h5-7,12-13H,8-9H2,1-4H3,(H,19,20)/t12-,13+/m0/s1. The molecular weight excluding hydrogens is 257 g/mol. The lowest BCUT2D eigenvalue weighted by Gasteiger charge is -2.31. The van der Waals surface area contributed by atoms with Crippen LogP contribution < -0.4 is 0 Å². The van der Waals surface area contributed by atoms with Gasteiger partial charge in [-0.1, -0.05) is 12.1 Å². The van der Waals surface area contributed by atoms with Crippen LogP contribution in [-0.2, 0) is 4.79 Å². The molecule has 1 saturated heterocycles. The molecule has 0 aromatic heterocycles. The number of rotatable bonds is 2. The third-order valence-electron chi connectivity index (χ3n) is 4.20. The van der Waals surface area contributed by atoms with Crippen LogP contribution in [-0.4, -0.2) is 34.6 Å². The monoisotopic (exact) mass is 279 g/mol. The summed E-state index contributed by atoms with van der Waals surface area (Å²) in [4.78, 5) is 13.7. The molecule has 3 nitrogen and oxygen atoms in total. The first-order valence-corrected chi connectivity index (χ1v) is 6.94. The molecule has 0 saturated carbocycles. The summed E-state index contributed by atoms with van der Waals surface area (Å²) in [7, 11) is 0. The van der Waals surface area contributed by atoms with Crippen molar-refractivity contribution in [1.82, 2.24) is 4.90 Å². The van der Waals surface area contributed by atoms with E-state index in [-0.39, 0.29) is 17.3 Å². The van der Waals surface area contributed by atoms with Crippen LogP contribution in [0.1, 0.15) is 37.8 Å². The van der Waals surface area contributed by atoms with Crippen LogP contribution in [0.3, 0.4) is 0 Å². The fraction of sp³-hybridized carbons (Fsp3) is 0.562. The molecule has 110 valence electrons. The van der Waals surface area contributed by atoms with Crippen molar-refractivity contribution in [2.75, 3.05) is 13.1 Å². The summed E-state index contributed by atoms with van der Waals surface area (Å²) in [6, 6.07) is 4.93. The zero-order valence-electron chi connectivity index (χ0n) is 12.5. The highest BCUT2D eigenvalue weighted by molar-refractivity contribution is 5.72. The Morgan fingerprint density at radius 1 is 1.35 bits per heavy atom. The number of benzene rings is 1. The maximum Gasteiger partial charge on any atom is 0.308 e. The molecule has 0 aliphatic carbocycles. The fourth-order valence-electron chi connectivity index (χ4n) is 2.84. The molecule has 2 rings (SSSR count). The van der Waals surface area contributed by atoms with Crippen LogP contribution in [0.15, 0.2) is 18.2 Å². The molecule has 0 unspecified atom stereocenters. The van der Waals surface area contributed by atoms with Gasteiger partial charge < -0.3 is 5.11 Å². The van der Waals surface area contributed by atoms with Crippen LogP contribution >= 0.6 is 0 Å². The Kier molecular flexibility index (Phi) is 3.87. The van der Waals surface area contributed by atoms with E-state index in [4.69, 9.17) is 0 Å². The zero-order chi connectivity index (χ0) is 15.1. The van der Waals surface area contributed by atoms with E-state index in [1.807, 2.05) is 0 Å². The number of carboxylic acids is 1. The first-order valence-electron chi connectivity index (χ1n) is 6.94. The number of carboxylic acid groups (broad SMARTS) is 1. The minimum absolute atomic E-state index is 0.0580. The van der Waals surface area contributed by atoms with E-state index in [0.29, 0.717) is 18.7 Å². The number of aryl methyl sites for hydroxylation is 1. The fourth-order valence-corrected chi connectivity index (χ4v) is 2.84. The molecule has 1 heterocycles. The highest BCUT2D eigenvalue weighted by atomic mass is 19.1. The van der Waals surface area contributed by atoms with Crippen LogP contribution in [0.2, 0.25) is 0 Å². The number of likely N-dealkylation sites (tertiary alicyclic amines) is 1. The Hall–Kier alpha value is -1.42. The van der Waals surface area contributed by atoms with E-state index in [2.05, 4.69) is 25.7 Å². The summed E-state index contributed by atoms with van der Waals surface area (Å²) >= 11 is 0. The highest BCUT2D eigenvalue weighted by Gasteiger charge is 2.42. The molecule has 1 aliphatic rings. The van der Waals surface area contributed by atoms with Crippen molar-refractivity contribution in [2.45, 2.75) is 39.2 Å². The van der Waals surface area contributed by atoms with Gasteiger partial charge in [-0.3, -0.25) is 9.69 Å². The van der Waals surface area contributed by atoms with Crippen molar-refractivity contribution in [3.8, 4) is 0 Å². The molecule has 2 atom stereocenters. The summed E-state index contributed by atoms with van der Waals surface area (Å²) in [5.41, 5.74) is 1.43. The molecule has 4 heteroatoms. The molecule has 0 radical (unpaired) electrons. The first kappa shape index (κ1) is 15.0. The Bertz CT molecular complexity index is 522. The molecule has 20 heavy (non-hydrogen) atoms. The maximum absolute atomic E-state index is 13.4. The van der Waals surface area contributed by atoms with Crippen molar-refractivity contribution in [3.05, 3.63) is 35.1 Å². The van der Waals surface area contributed by atoms with Gasteiger partial charge in [0.15, 0.2) is 0 Å². The maximum atomic E-state index is 13.4. The largest absolute Gasteiger partial charge is 0.481 e. The number of hydrogen-bond donors (Lipinski definition) is 1. The smallest absolute Gasteiger partial charge is 0.308 e. The molecule has 1 aliphatic heterocycles. The summed E-state index contributed by atoms with van der Waals surface area (Å²) in [6.45, 7) is 9.22. The summed E-state index contributed by atoms with van der Waals surface area (Å²) < 4.78 is 13.4. The average molecular weight is 279 g/mol. The van der Waals surface area contributed by atoms with Crippen LogP contribution in [0, 0.1) is 18.7 Å². The second-order valence-corrected chi connectivity index (χ2v) is 6.64. The SMILES string of the molecule is Cc1cc([C@@H]2CN(C(C)(C)C)C[C@H]2C(=O)O)ccc1F. The van der Waals surface area contributed by atoms with Crippen molar-refractivity contribution >= 4 is 5.97 Å². The molecule has 0 bridgehead atoms. The van der Waals surface area contributed by atoms with E-state index in [0.717, 1.165) is 5.56 Å². The number of nitrogens with zero attached hydrogens (tertiary/aromatic N) is 1. The minimum atomic E-state index is -0.774. The third-order valence-corrected chi connectivity index (χ3v) is 4.20. The highest BCUT2D eigenvalue weighted by Crippen LogP contribution is 2.36. The van der Waals surface area contributed by atoms with Gasteiger partial charge in [-0.25, -0.2) is 4.39 Å². The van der Waals surface area contributed by atoms with Gasteiger partial charge in [-0.2, -0.15) is 0 Å². The van der Waals surface area contributed by atoms with Crippen LogP contribution in [0.5, 0.6) is 0 Å². The minimum Gasteiger partial charge on any atom is -0.481 e. The van der Waals surface area contributed by atoms with Gasteiger partial charge in [0, 0.05) is 24.5 Å². The van der Waals surface area contributed by atoms with Gasteiger partial charge in [0.25, 0.3) is 0 Å². The van der Waals surface area contributed by atoms with Gasteiger partial charge >= 0.3 is 5.97 Å². The Morgan fingerprint density at radius 3 is 2.50 bits per heavy atom. The quantitative estimate of drug-likeness (QED) is 0.904. The number of halogens is 1. The number of carbonyl (C=O) groups is 1. The van der Waals surface area contributed by atoms with E-state index >= 15 is 0 Å².